The maximum Gasteiger partial charge on any atom is 0.0415 e. The molecule has 29 heavy (non-hydrogen) atoms. The zero-order valence-electron chi connectivity index (χ0n) is 17.2. The molecule has 0 amide bonds. The molecule has 0 aliphatic carbocycles. The molecule has 0 bridgehead atoms. The number of piperazine rings is 2. The van der Waals surface area contributed by atoms with E-state index in [1.807, 2.05) is 24.3 Å². The third-order valence-corrected chi connectivity index (χ3v) is 6.22. The summed E-state index contributed by atoms with van der Waals surface area (Å²) in [5.41, 5.74) is 16.0. The molecule has 2 fully saturated rings. The van der Waals surface area contributed by atoms with Gasteiger partial charge in [0, 0.05) is 74.1 Å². The third kappa shape index (κ3) is 4.95. The highest BCUT2D eigenvalue weighted by Gasteiger charge is 2.25. The molecule has 2 unspecified atom stereocenters. The van der Waals surface area contributed by atoms with Crippen LogP contribution in [0.15, 0.2) is 48.5 Å². The monoisotopic (exact) mass is 394 g/mol. The predicted octanol–water partition coefficient (Wildman–Crippen LogP) is 2.28. The standard InChI is InChI=1S/C23H34N6/c24-18-4-8-20(9-5-18)28-14-12-26-16-22(28)2-1-3-23-17-27-13-15-29(23)21-10-6-19(25)7-11-21/h4-11,22-23,26-27H,1-3,12-17,24-25H2. The predicted molar refractivity (Wildman–Crippen MR) is 124 cm³/mol. The normalized spacial score (nSPS) is 22.6. The van der Waals surface area contributed by atoms with Crippen LogP contribution in [-0.2, 0) is 0 Å². The van der Waals surface area contributed by atoms with Crippen molar-refractivity contribution >= 4 is 22.7 Å². The van der Waals surface area contributed by atoms with Gasteiger partial charge in [0.15, 0.2) is 0 Å². The summed E-state index contributed by atoms with van der Waals surface area (Å²) in [5, 5.41) is 7.15. The first-order valence-electron chi connectivity index (χ1n) is 10.9. The number of anilines is 4. The minimum absolute atomic E-state index is 0.536. The van der Waals surface area contributed by atoms with Crippen molar-refractivity contribution in [3.63, 3.8) is 0 Å². The summed E-state index contributed by atoms with van der Waals surface area (Å²) < 4.78 is 0. The van der Waals surface area contributed by atoms with Gasteiger partial charge in [-0.05, 0) is 67.8 Å². The third-order valence-electron chi connectivity index (χ3n) is 6.22. The van der Waals surface area contributed by atoms with E-state index >= 15 is 0 Å². The van der Waals surface area contributed by atoms with Crippen molar-refractivity contribution in [1.82, 2.24) is 10.6 Å². The number of nitrogens with zero attached hydrogens (tertiary/aromatic N) is 2. The Hall–Kier alpha value is -2.44. The molecule has 2 atom stereocenters. The summed E-state index contributed by atoms with van der Waals surface area (Å²) >= 11 is 0. The van der Waals surface area contributed by atoms with Gasteiger partial charge in [-0.25, -0.2) is 0 Å². The van der Waals surface area contributed by atoms with E-state index in [1.165, 1.54) is 30.6 Å². The lowest BCUT2D eigenvalue weighted by Gasteiger charge is -2.40. The summed E-state index contributed by atoms with van der Waals surface area (Å²) in [4.78, 5) is 5.10. The molecule has 4 rings (SSSR count). The van der Waals surface area contributed by atoms with Crippen LogP contribution in [-0.4, -0.2) is 51.4 Å². The zero-order chi connectivity index (χ0) is 20.1. The van der Waals surface area contributed by atoms with Gasteiger partial charge in [0.05, 0.1) is 0 Å². The number of rotatable bonds is 6. The molecule has 0 radical (unpaired) electrons. The van der Waals surface area contributed by atoms with Crippen LogP contribution in [0.1, 0.15) is 19.3 Å². The van der Waals surface area contributed by atoms with E-state index in [0.29, 0.717) is 12.1 Å². The van der Waals surface area contributed by atoms with Crippen LogP contribution < -0.4 is 31.9 Å². The highest BCUT2D eigenvalue weighted by Crippen LogP contribution is 2.25. The van der Waals surface area contributed by atoms with Crippen molar-refractivity contribution in [2.75, 3.05) is 60.5 Å². The Balaban J connectivity index is 1.35. The Morgan fingerprint density at radius 3 is 1.52 bits per heavy atom. The lowest BCUT2D eigenvalue weighted by atomic mass is 10.00. The van der Waals surface area contributed by atoms with Crippen LogP contribution in [0, 0.1) is 0 Å². The van der Waals surface area contributed by atoms with E-state index < -0.39 is 0 Å². The van der Waals surface area contributed by atoms with Gasteiger partial charge in [-0.2, -0.15) is 0 Å². The maximum atomic E-state index is 5.87. The first-order valence-corrected chi connectivity index (χ1v) is 10.9. The molecule has 156 valence electrons. The number of hydrogen-bond acceptors (Lipinski definition) is 6. The van der Waals surface area contributed by atoms with Crippen molar-refractivity contribution in [3.05, 3.63) is 48.5 Å². The smallest absolute Gasteiger partial charge is 0.0415 e. The number of nitrogen functional groups attached to an aromatic ring is 2. The summed E-state index contributed by atoms with van der Waals surface area (Å²) in [6.45, 7) is 6.29. The zero-order valence-corrected chi connectivity index (χ0v) is 17.2. The van der Waals surface area contributed by atoms with Crippen LogP contribution in [0.3, 0.4) is 0 Å². The molecule has 2 aliphatic rings. The van der Waals surface area contributed by atoms with Crippen molar-refractivity contribution < 1.29 is 0 Å². The van der Waals surface area contributed by atoms with Crippen molar-refractivity contribution in [3.8, 4) is 0 Å². The molecule has 2 aliphatic heterocycles. The minimum Gasteiger partial charge on any atom is -0.399 e. The fourth-order valence-corrected chi connectivity index (χ4v) is 4.64. The quantitative estimate of drug-likeness (QED) is 0.563. The first kappa shape index (κ1) is 19.9. The number of hydrogen-bond donors (Lipinski definition) is 4. The first-order chi connectivity index (χ1) is 14.2. The van der Waals surface area contributed by atoms with E-state index in [0.717, 1.165) is 50.6 Å². The Morgan fingerprint density at radius 2 is 1.10 bits per heavy atom. The van der Waals surface area contributed by atoms with Crippen LogP contribution in [0.4, 0.5) is 22.7 Å². The Morgan fingerprint density at radius 1 is 0.690 bits per heavy atom. The number of nitrogens with one attached hydrogen (secondary N) is 2. The molecule has 2 aromatic rings. The van der Waals surface area contributed by atoms with Gasteiger partial charge in [0.2, 0.25) is 0 Å². The summed E-state index contributed by atoms with van der Waals surface area (Å²) in [6.07, 6.45) is 3.61. The molecule has 0 aromatic heterocycles. The highest BCUT2D eigenvalue weighted by molar-refractivity contribution is 5.55. The molecular formula is C23H34N6. The Bertz CT molecular complexity index is 694. The van der Waals surface area contributed by atoms with E-state index in [2.05, 4.69) is 44.7 Å². The Labute approximate surface area is 174 Å². The van der Waals surface area contributed by atoms with Crippen LogP contribution in [0.2, 0.25) is 0 Å². The number of benzene rings is 2. The second-order valence-electron chi connectivity index (χ2n) is 8.22. The lowest BCUT2D eigenvalue weighted by molar-refractivity contribution is 0.403. The highest BCUT2D eigenvalue weighted by atomic mass is 15.2. The van der Waals surface area contributed by atoms with Crippen LogP contribution in [0.5, 0.6) is 0 Å². The molecule has 0 spiro atoms. The molecule has 6 N–H and O–H groups in total. The van der Waals surface area contributed by atoms with Crippen molar-refractivity contribution in [2.24, 2.45) is 0 Å². The second kappa shape index (κ2) is 9.37. The fraction of sp³-hybridized carbons (Fsp3) is 0.478. The van der Waals surface area contributed by atoms with Gasteiger partial charge in [0.25, 0.3) is 0 Å². The van der Waals surface area contributed by atoms with Gasteiger partial charge in [0.1, 0.15) is 0 Å². The molecule has 6 heteroatoms. The van der Waals surface area contributed by atoms with E-state index in [4.69, 9.17) is 11.5 Å². The average molecular weight is 395 g/mol. The topological polar surface area (TPSA) is 82.6 Å². The van der Waals surface area contributed by atoms with Gasteiger partial charge in [-0.1, -0.05) is 0 Å². The number of nitrogens with two attached hydrogens (primary N) is 2. The summed E-state index contributed by atoms with van der Waals surface area (Å²) in [6, 6.07) is 17.7. The van der Waals surface area contributed by atoms with E-state index in [1.54, 1.807) is 0 Å². The Kier molecular flexibility index (Phi) is 6.42. The summed E-state index contributed by atoms with van der Waals surface area (Å²) in [7, 11) is 0. The lowest BCUT2D eigenvalue weighted by Crippen LogP contribution is -2.52. The molecular weight excluding hydrogens is 360 g/mol. The van der Waals surface area contributed by atoms with Crippen molar-refractivity contribution in [2.45, 2.75) is 31.3 Å². The molecule has 2 saturated heterocycles. The molecule has 2 aromatic carbocycles. The van der Waals surface area contributed by atoms with Crippen molar-refractivity contribution in [1.29, 1.82) is 0 Å². The van der Waals surface area contributed by atoms with E-state index in [9.17, 15) is 0 Å². The minimum atomic E-state index is 0.536. The average Bonchev–Trinajstić information content (AvgIpc) is 2.76. The summed E-state index contributed by atoms with van der Waals surface area (Å²) in [5.74, 6) is 0. The van der Waals surface area contributed by atoms with Gasteiger partial charge in [-0.15, -0.1) is 0 Å². The fourth-order valence-electron chi connectivity index (χ4n) is 4.64. The van der Waals surface area contributed by atoms with Crippen LogP contribution in [0.25, 0.3) is 0 Å². The maximum absolute atomic E-state index is 5.87. The second-order valence-corrected chi connectivity index (χ2v) is 8.22. The molecule has 6 nitrogen and oxygen atoms in total. The van der Waals surface area contributed by atoms with Crippen LogP contribution >= 0.6 is 0 Å². The van der Waals surface area contributed by atoms with Gasteiger partial charge < -0.3 is 31.9 Å². The van der Waals surface area contributed by atoms with Gasteiger partial charge in [-0.3, -0.25) is 0 Å². The largest absolute Gasteiger partial charge is 0.399 e. The van der Waals surface area contributed by atoms with Gasteiger partial charge >= 0.3 is 0 Å². The molecule has 2 heterocycles. The SMILES string of the molecule is Nc1ccc(N2CCNCC2CCCC2CNCCN2c2ccc(N)cc2)cc1. The molecule has 0 saturated carbocycles. The van der Waals surface area contributed by atoms with E-state index in [-0.39, 0.29) is 0 Å².